The minimum absolute atomic E-state index is 0.206. The molecule has 0 aliphatic rings. The maximum absolute atomic E-state index is 11.2. The van der Waals surface area contributed by atoms with Gasteiger partial charge in [-0.1, -0.05) is 19.0 Å². The molecule has 0 aliphatic carbocycles. The molecule has 0 bridgehead atoms. The molecule has 1 aromatic rings. The van der Waals surface area contributed by atoms with E-state index in [-0.39, 0.29) is 5.69 Å². The van der Waals surface area contributed by atoms with Crippen molar-refractivity contribution in [2.75, 3.05) is 7.05 Å². The minimum atomic E-state index is -0.442. The number of hydrogen-bond acceptors (Lipinski definition) is 5. The maximum atomic E-state index is 11.2. The molecule has 0 spiro atoms. The lowest BCUT2D eigenvalue weighted by Crippen LogP contribution is -2.30. The van der Waals surface area contributed by atoms with Crippen LogP contribution in [0.1, 0.15) is 43.4 Å². The van der Waals surface area contributed by atoms with Crippen LogP contribution in [0.25, 0.3) is 0 Å². The molecule has 0 aliphatic heterocycles. The van der Waals surface area contributed by atoms with Gasteiger partial charge in [-0.05, 0) is 26.3 Å². The summed E-state index contributed by atoms with van der Waals surface area (Å²) >= 11 is 0. The monoisotopic (exact) mass is 254 g/mol. The second-order valence-corrected chi connectivity index (χ2v) is 5.05. The van der Waals surface area contributed by atoms with E-state index in [1.54, 1.807) is 6.07 Å². The van der Waals surface area contributed by atoms with Gasteiger partial charge in [0.25, 0.3) is 5.91 Å². The van der Waals surface area contributed by atoms with Crippen LogP contribution >= 0.6 is 0 Å². The first-order valence-electron chi connectivity index (χ1n) is 6.10. The average molecular weight is 254 g/mol. The lowest BCUT2D eigenvalue weighted by Gasteiger charge is -2.24. The van der Waals surface area contributed by atoms with Crippen LogP contribution in [-0.2, 0) is 6.54 Å². The highest BCUT2D eigenvalue weighted by Gasteiger charge is 2.16. The van der Waals surface area contributed by atoms with Crippen molar-refractivity contribution in [2.45, 2.75) is 39.8 Å². The maximum Gasteiger partial charge on any atom is 0.287 e. The van der Waals surface area contributed by atoms with Gasteiger partial charge >= 0.3 is 0 Å². The van der Waals surface area contributed by atoms with Gasteiger partial charge < -0.3 is 4.52 Å². The fraction of sp³-hybridized carbons (Fsp3) is 0.667. The van der Waals surface area contributed by atoms with Crippen LogP contribution in [0.2, 0.25) is 0 Å². The Bertz CT molecular complexity index is 389. The van der Waals surface area contributed by atoms with Gasteiger partial charge in [0.15, 0.2) is 11.5 Å². The minimum Gasteiger partial charge on any atom is -0.359 e. The van der Waals surface area contributed by atoms with E-state index in [1.807, 2.05) is 12.5 Å². The van der Waals surface area contributed by atoms with Crippen molar-refractivity contribution in [3.8, 4) is 0 Å². The molecule has 1 atom stereocenters. The lowest BCUT2D eigenvalue weighted by atomic mass is 10.0. The number of amides is 1. The molecule has 0 saturated heterocycles. The number of nitrogen functional groups attached to an aromatic ring is 1. The van der Waals surface area contributed by atoms with Crippen LogP contribution in [0, 0.1) is 5.92 Å². The van der Waals surface area contributed by atoms with Gasteiger partial charge in [-0.25, -0.2) is 5.84 Å². The standard InChI is InChI=1S/C12H22N4O2/c1-8(2)5-9(3)16(4)7-10-6-11(15-18-10)12(17)14-13/h6,8-9H,5,7,13H2,1-4H3,(H,14,17). The number of nitrogens with two attached hydrogens (primary N) is 1. The molecule has 1 rings (SSSR count). The van der Waals surface area contributed by atoms with Crippen molar-refractivity contribution in [3.63, 3.8) is 0 Å². The highest BCUT2D eigenvalue weighted by molar-refractivity contribution is 5.91. The first-order chi connectivity index (χ1) is 8.43. The molecule has 0 saturated carbocycles. The molecule has 6 heteroatoms. The second kappa shape index (κ2) is 6.51. The largest absolute Gasteiger partial charge is 0.359 e. The normalized spacial score (nSPS) is 13.1. The van der Waals surface area contributed by atoms with Crippen LogP contribution in [0.3, 0.4) is 0 Å². The SMILES string of the molecule is CC(C)CC(C)N(C)Cc1cc(C(=O)NN)no1. The van der Waals surface area contributed by atoms with E-state index in [0.717, 1.165) is 6.42 Å². The van der Waals surface area contributed by atoms with E-state index in [9.17, 15) is 4.79 Å². The number of nitrogens with one attached hydrogen (secondary N) is 1. The Labute approximate surface area is 107 Å². The van der Waals surface area contributed by atoms with Crippen LogP contribution in [-0.4, -0.2) is 29.1 Å². The van der Waals surface area contributed by atoms with Crippen molar-refractivity contribution in [3.05, 3.63) is 17.5 Å². The Balaban J connectivity index is 2.56. The van der Waals surface area contributed by atoms with Gasteiger partial charge in [0.2, 0.25) is 0 Å². The zero-order valence-corrected chi connectivity index (χ0v) is 11.4. The summed E-state index contributed by atoms with van der Waals surface area (Å²) in [5.41, 5.74) is 2.23. The average Bonchev–Trinajstić information content (AvgIpc) is 2.75. The van der Waals surface area contributed by atoms with Gasteiger partial charge in [0.05, 0.1) is 6.54 Å². The summed E-state index contributed by atoms with van der Waals surface area (Å²) in [6, 6.07) is 2.06. The molecular weight excluding hydrogens is 232 g/mol. The molecule has 0 aromatic carbocycles. The number of hydrazine groups is 1. The molecule has 1 aromatic heterocycles. The van der Waals surface area contributed by atoms with Gasteiger partial charge in [0, 0.05) is 12.1 Å². The van der Waals surface area contributed by atoms with Gasteiger partial charge in [0.1, 0.15) is 0 Å². The van der Waals surface area contributed by atoms with Crippen molar-refractivity contribution in [2.24, 2.45) is 11.8 Å². The third kappa shape index (κ3) is 4.12. The lowest BCUT2D eigenvalue weighted by molar-refractivity contribution is 0.0944. The number of rotatable bonds is 6. The molecular formula is C12H22N4O2. The summed E-state index contributed by atoms with van der Waals surface area (Å²) in [7, 11) is 2.03. The topological polar surface area (TPSA) is 84.4 Å². The van der Waals surface area contributed by atoms with Gasteiger partial charge in [-0.15, -0.1) is 0 Å². The third-order valence-electron chi connectivity index (χ3n) is 2.89. The smallest absolute Gasteiger partial charge is 0.287 e. The van der Waals surface area contributed by atoms with Crippen molar-refractivity contribution in [1.29, 1.82) is 0 Å². The third-order valence-corrected chi connectivity index (χ3v) is 2.89. The van der Waals surface area contributed by atoms with Crippen LogP contribution in [0.15, 0.2) is 10.6 Å². The summed E-state index contributed by atoms with van der Waals surface area (Å²) in [4.78, 5) is 13.4. The van der Waals surface area contributed by atoms with Crippen LogP contribution in [0.5, 0.6) is 0 Å². The Hall–Kier alpha value is -1.40. The highest BCUT2D eigenvalue weighted by Crippen LogP contribution is 2.13. The molecule has 0 fully saturated rings. The molecule has 102 valence electrons. The Morgan fingerprint density at radius 3 is 2.78 bits per heavy atom. The molecule has 0 radical (unpaired) electrons. The van der Waals surface area contributed by atoms with Crippen LogP contribution in [0.4, 0.5) is 0 Å². The van der Waals surface area contributed by atoms with E-state index >= 15 is 0 Å². The first-order valence-corrected chi connectivity index (χ1v) is 6.10. The fourth-order valence-corrected chi connectivity index (χ4v) is 1.83. The van der Waals surface area contributed by atoms with E-state index in [2.05, 4.69) is 30.8 Å². The summed E-state index contributed by atoms with van der Waals surface area (Å²) in [6.07, 6.45) is 1.11. The number of aromatic nitrogens is 1. The molecule has 1 unspecified atom stereocenters. The van der Waals surface area contributed by atoms with Crippen molar-refractivity contribution < 1.29 is 9.32 Å². The van der Waals surface area contributed by atoms with E-state index < -0.39 is 5.91 Å². The quantitative estimate of drug-likeness (QED) is 0.452. The van der Waals surface area contributed by atoms with Gasteiger partial charge in [-0.3, -0.25) is 15.1 Å². The summed E-state index contributed by atoms with van der Waals surface area (Å²) < 4.78 is 5.11. The number of hydrogen-bond donors (Lipinski definition) is 2. The Kier molecular flexibility index (Phi) is 5.30. The molecule has 18 heavy (non-hydrogen) atoms. The molecule has 1 heterocycles. The second-order valence-electron chi connectivity index (χ2n) is 5.05. The van der Waals surface area contributed by atoms with Crippen molar-refractivity contribution >= 4 is 5.91 Å². The predicted octanol–water partition coefficient (Wildman–Crippen LogP) is 1.14. The zero-order valence-electron chi connectivity index (χ0n) is 11.4. The number of carbonyl (C=O) groups excluding carboxylic acids is 1. The summed E-state index contributed by atoms with van der Waals surface area (Å²) in [5, 5.41) is 3.67. The summed E-state index contributed by atoms with van der Waals surface area (Å²) in [6.45, 7) is 7.19. The zero-order chi connectivity index (χ0) is 13.7. The number of nitrogens with zero attached hydrogens (tertiary/aromatic N) is 2. The summed E-state index contributed by atoms with van der Waals surface area (Å²) in [5.74, 6) is 5.89. The number of carbonyl (C=O) groups is 1. The molecule has 3 N–H and O–H groups in total. The Morgan fingerprint density at radius 2 is 2.22 bits per heavy atom. The molecule has 6 nitrogen and oxygen atoms in total. The van der Waals surface area contributed by atoms with Crippen LogP contribution < -0.4 is 11.3 Å². The van der Waals surface area contributed by atoms with E-state index in [0.29, 0.717) is 24.3 Å². The predicted molar refractivity (Wildman–Crippen MR) is 68.5 cm³/mol. The van der Waals surface area contributed by atoms with Crippen molar-refractivity contribution in [1.82, 2.24) is 15.5 Å². The Morgan fingerprint density at radius 1 is 1.56 bits per heavy atom. The highest BCUT2D eigenvalue weighted by atomic mass is 16.5. The van der Waals surface area contributed by atoms with E-state index in [4.69, 9.17) is 10.4 Å². The van der Waals surface area contributed by atoms with E-state index in [1.165, 1.54) is 0 Å². The fourth-order valence-electron chi connectivity index (χ4n) is 1.83. The van der Waals surface area contributed by atoms with Gasteiger partial charge in [-0.2, -0.15) is 0 Å². The molecule has 1 amide bonds. The first kappa shape index (κ1) is 14.7.